The van der Waals surface area contributed by atoms with Crippen LogP contribution in [0.15, 0.2) is 24.8 Å². The molecule has 3 atom stereocenters. The van der Waals surface area contributed by atoms with Crippen LogP contribution in [0.3, 0.4) is 0 Å². The molecule has 0 amide bonds. The summed E-state index contributed by atoms with van der Waals surface area (Å²) >= 11 is 0. The standard InChI is InChI=1S/C31H45N5/c1-9-13-14-25-18-28(35(15-10-2)20(25)5)31-33-27-17-26(16-23(11-3)30(27)34(31)8)21(6)36-19-24(12-4)29(32)22(36)7/h14,16-18,22,24,29H,5-6,9-13,15,19,32H2,1-4,7-8H3/b25-14-/t22-,24-,29+/m1/s1. The number of unbranched alkanes of at least 4 members (excludes halogenated alkanes) is 1. The van der Waals surface area contributed by atoms with E-state index in [4.69, 9.17) is 10.7 Å². The first-order valence-corrected chi connectivity index (χ1v) is 13.9. The van der Waals surface area contributed by atoms with Crippen LogP contribution >= 0.6 is 0 Å². The predicted octanol–water partition coefficient (Wildman–Crippen LogP) is 5.03. The summed E-state index contributed by atoms with van der Waals surface area (Å²) in [6, 6.07) is 7.28. The number of aryl methyl sites for hydroxylation is 2. The van der Waals surface area contributed by atoms with Gasteiger partial charge in [-0.05, 0) is 66.6 Å². The van der Waals surface area contributed by atoms with Gasteiger partial charge in [0, 0.05) is 43.3 Å². The molecule has 0 radical (unpaired) electrons. The second kappa shape index (κ2) is 10.7. The molecule has 1 saturated heterocycles. The topological polar surface area (TPSA) is 52.0 Å². The molecule has 1 aliphatic heterocycles. The molecule has 5 heteroatoms. The van der Waals surface area contributed by atoms with E-state index >= 15 is 0 Å². The molecule has 36 heavy (non-hydrogen) atoms. The van der Waals surface area contributed by atoms with Crippen LogP contribution in [-0.2, 0) is 20.0 Å². The molecule has 0 unspecified atom stereocenters. The largest absolute Gasteiger partial charge is 0.367 e. The van der Waals surface area contributed by atoms with Crippen molar-refractivity contribution in [3.63, 3.8) is 0 Å². The highest BCUT2D eigenvalue weighted by molar-refractivity contribution is 5.87. The van der Waals surface area contributed by atoms with Gasteiger partial charge < -0.3 is 19.8 Å². The Labute approximate surface area is 217 Å². The first-order valence-electron chi connectivity index (χ1n) is 13.9. The quantitative estimate of drug-likeness (QED) is 0.460. The number of benzene rings is 1. The van der Waals surface area contributed by atoms with Crippen molar-refractivity contribution in [1.82, 2.24) is 19.0 Å². The molecule has 1 aliphatic rings. The number of fused-ring (bicyclic) bond motifs is 1. The van der Waals surface area contributed by atoms with Gasteiger partial charge in [0.2, 0.25) is 0 Å². The zero-order valence-corrected chi connectivity index (χ0v) is 23.3. The van der Waals surface area contributed by atoms with Crippen molar-refractivity contribution in [1.29, 1.82) is 0 Å². The highest BCUT2D eigenvalue weighted by atomic mass is 15.2. The predicted molar refractivity (Wildman–Crippen MR) is 155 cm³/mol. The molecule has 0 aliphatic carbocycles. The number of nitrogens with two attached hydrogens (primary N) is 1. The lowest BCUT2D eigenvalue weighted by atomic mass is 9.98. The van der Waals surface area contributed by atoms with Crippen molar-refractivity contribution >= 4 is 29.4 Å². The Balaban J connectivity index is 1.84. The molecule has 3 heterocycles. The van der Waals surface area contributed by atoms with Crippen molar-refractivity contribution in [2.45, 2.75) is 85.4 Å². The maximum absolute atomic E-state index is 6.55. The minimum Gasteiger partial charge on any atom is -0.367 e. The lowest BCUT2D eigenvalue weighted by Gasteiger charge is -2.27. The highest BCUT2D eigenvalue weighted by Crippen LogP contribution is 2.34. The van der Waals surface area contributed by atoms with Gasteiger partial charge in [-0.15, -0.1) is 0 Å². The number of nitrogens with zero attached hydrogens (tertiary/aromatic N) is 4. The SMILES string of the molecule is C=C(c1cc(CC)c2c(c1)nc(-c1c/c(=C/CCC)c(=C)n1CCC)n2C)N1C[C@@H](CC)[C@@H](N)[C@H]1C. The molecule has 2 N–H and O–H groups in total. The third-order valence-corrected chi connectivity index (χ3v) is 8.23. The van der Waals surface area contributed by atoms with Crippen molar-refractivity contribution in [2.24, 2.45) is 18.7 Å². The fraction of sp³-hybridized carbons (Fsp3) is 0.516. The number of aromatic nitrogens is 3. The van der Waals surface area contributed by atoms with Crippen molar-refractivity contribution < 1.29 is 0 Å². The van der Waals surface area contributed by atoms with Gasteiger partial charge in [0.05, 0.1) is 16.7 Å². The Kier molecular flexibility index (Phi) is 7.79. The van der Waals surface area contributed by atoms with E-state index in [0.29, 0.717) is 5.92 Å². The van der Waals surface area contributed by atoms with Crippen LogP contribution < -0.4 is 16.3 Å². The molecule has 194 valence electrons. The second-order valence-corrected chi connectivity index (χ2v) is 10.5. The number of hydrogen-bond donors (Lipinski definition) is 1. The summed E-state index contributed by atoms with van der Waals surface area (Å²) in [6.45, 7) is 22.0. The molecule has 3 aromatic rings. The Bertz CT molecular complexity index is 1360. The summed E-state index contributed by atoms with van der Waals surface area (Å²) in [5.41, 5.74) is 13.4. The highest BCUT2D eigenvalue weighted by Gasteiger charge is 2.36. The number of rotatable bonds is 9. The summed E-state index contributed by atoms with van der Waals surface area (Å²) in [5, 5.41) is 2.31. The Hall–Kier alpha value is -2.79. The lowest BCUT2D eigenvalue weighted by Crippen LogP contribution is -2.37. The number of imidazole rings is 1. The molecule has 1 aromatic carbocycles. The first-order chi connectivity index (χ1) is 17.3. The molecular weight excluding hydrogens is 442 g/mol. The minimum atomic E-state index is 0.185. The fourth-order valence-corrected chi connectivity index (χ4v) is 5.93. The molecular formula is C31H45N5. The van der Waals surface area contributed by atoms with E-state index in [1.165, 1.54) is 16.3 Å². The van der Waals surface area contributed by atoms with E-state index < -0.39 is 0 Å². The Morgan fingerprint density at radius 2 is 1.92 bits per heavy atom. The van der Waals surface area contributed by atoms with Gasteiger partial charge in [-0.1, -0.05) is 59.8 Å². The molecule has 0 saturated carbocycles. The smallest absolute Gasteiger partial charge is 0.157 e. The molecule has 0 spiro atoms. The van der Waals surface area contributed by atoms with Crippen molar-refractivity contribution in [3.05, 3.63) is 46.5 Å². The summed E-state index contributed by atoms with van der Waals surface area (Å²) in [4.78, 5) is 7.62. The Morgan fingerprint density at radius 1 is 1.17 bits per heavy atom. The van der Waals surface area contributed by atoms with Gasteiger partial charge in [-0.2, -0.15) is 0 Å². The molecule has 0 bridgehead atoms. The van der Waals surface area contributed by atoms with Gasteiger partial charge in [-0.3, -0.25) is 0 Å². The van der Waals surface area contributed by atoms with Crippen LogP contribution in [0.5, 0.6) is 0 Å². The van der Waals surface area contributed by atoms with Crippen LogP contribution in [0.25, 0.3) is 40.9 Å². The second-order valence-electron chi connectivity index (χ2n) is 10.5. The van der Waals surface area contributed by atoms with E-state index in [1.807, 2.05) is 0 Å². The zero-order valence-electron chi connectivity index (χ0n) is 23.3. The number of likely N-dealkylation sites (tertiary alicyclic amines) is 1. The van der Waals surface area contributed by atoms with Crippen LogP contribution in [0.4, 0.5) is 0 Å². The maximum Gasteiger partial charge on any atom is 0.157 e. The van der Waals surface area contributed by atoms with Crippen molar-refractivity contribution in [2.75, 3.05) is 6.54 Å². The van der Waals surface area contributed by atoms with Crippen LogP contribution in [0, 0.1) is 5.92 Å². The average Bonchev–Trinajstić information content (AvgIpc) is 3.48. The monoisotopic (exact) mass is 487 g/mol. The van der Waals surface area contributed by atoms with E-state index in [1.54, 1.807) is 0 Å². The molecule has 1 fully saturated rings. The summed E-state index contributed by atoms with van der Waals surface area (Å²) in [6.07, 6.45) is 7.60. The van der Waals surface area contributed by atoms with E-state index in [0.717, 1.165) is 78.8 Å². The normalized spacial score (nSPS) is 20.7. The van der Waals surface area contributed by atoms with Gasteiger partial charge in [-0.25, -0.2) is 4.98 Å². The van der Waals surface area contributed by atoms with Crippen LogP contribution in [-0.4, -0.2) is 37.6 Å². The maximum atomic E-state index is 6.55. The minimum absolute atomic E-state index is 0.185. The van der Waals surface area contributed by atoms with Crippen molar-refractivity contribution in [3.8, 4) is 11.5 Å². The van der Waals surface area contributed by atoms with Gasteiger partial charge in [0.15, 0.2) is 5.82 Å². The summed E-state index contributed by atoms with van der Waals surface area (Å²) < 4.78 is 4.61. The van der Waals surface area contributed by atoms with E-state index in [-0.39, 0.29) is 12.1 Å². The van der Waals surface area contributed by atoms with E-state index in [9.17, 15) is 0 Å². The summed E-state index contributed by atoms with van der Waals surface area (Å²) in [7, 11) is 2.15. The third kappa shape index (κ3) is 4.43. The fourth-order valence-electron chi connectivity index (χ4n) is 5.93. The Morgan fingerprint density at radius 3 is 2.53 bits per heavy atom. The van der Waals surface area contributed by atoms with Gasteiger partial charge in [0.25, 0.3) is 0 Å². The molecule has 5 nitrogen and oxygen atoms in total. The van der Waals surface area contributed by atoms with Gasteiger partial charge in [0.1, 0.15) is 0 Å². The van der Waals surface area contributed by atoms with Gasteiger partial charge >= 0.3 is 0 Å². The average molecular weight is 488 g/mol. The lowest BCUT2D eigenvalue weighted by molar-refractivity contribution is 0.377. The number of hydrogen-bond acceptors (Lipinski definition) is 3. The first kappa shape index (κ1) is 26.3. The van der Waals surface area contributed by atoms with Crippen LogP contribution in [0.1, 0.15) is 71.4 Å². The summed E-state index contributed by atoms with van der Waals surface area (Å²) in [5.74, 6) is 1.51. The molecule has 4 rings (SSSR count). The zero-order chi connectivity index (χ0) is 26.1. The molecule has 2 aromatic heterocycles. The van der Waals surface area contributed by atoms with Crippen LogP contribution in [0.2, 0.25) is 0 Å². The third-order valence-electron chi connectivity index (χ3n) is 8.23. The van der Waals surface area contributed by atoms with E-state index in [2.05, 4.69) is 93.1 Å².